The van der Waals surface area contributed by atoms with Crippen molar-refractivity contribution in [3.63, 3.8) is 0 Å². The molecule has 0 N–H and O–H groups in total. The molecule has 0 bridgehead atoms. The maximum absolute atomic E-state index is 11.5. The maximum Gasteiger partial charge on any atom is 0.175 e. The van der Waals surface area contributed by atoms with Gasteiger partial charge in [-0.25, -0.2) is 8.42 Å². The molecule has 1 aromatic rings. The summed E-state index contributed by atoms with van der Waals surface area (Å²) in [4.78, 5) is 0.330. The van der Waals surface area contributed by atoms with Crippen LogP contribution < -0.4 is 4.74 Å². The molecular weight excluding hydrogens is 292 g/mol. The summed E-state index contributed by atoms with van der Waals surface area (Å²) in [7, 11) is -3.18. The summed E-state index contributed by atoms with van der Waals surface area (Å²) >= 11 is 3.35. The molecule has 0 aromatic heterocycles. The van der Waals surface area contributed by atoms with Crippen LogP contribution in [-0.4, -0.2) is 21.3 Å². The van der Waals surface area contributed by atoms with Crippen molar-refractivity contribution in [1.29, 1.82) is 0 Å². The van der Waals surface area contributed by atoms with Gasteiger partial charge in [-0.05, 0) is 28.1 Å². The first-order valence-electron chi connectivity index (χ1n) is 4.89. The second-order valence-electron chi connectivity index (χ2n) is 4.73. The first kappa shape index (κ1) is 11.9. The summed E-state index contributed by atoms with van der Waals surface area (Å²) in [6.07, 6.45) is 1.21. The number of hydrogen-bond acceptors (Lipinski definition) is 3. The van der Waals surface area contributed by atoms with Crippen LogP contribution >= 0.6 is 15.9 Å². The molecule has 1 heterocycles. The van der Waals surface area contributed by atoms with E-state index < -0.39 is 9.84 Å². The molecule has 0 unspecified atom stereocenters. The Morgan fingerprint density at radius 1 is 1.38 bits per heavy atom. The summed E-state index contributed by atoms with van der Waals surface area (Å²) in [5.41, 5.74) is 0.806. The van der Waals surface area contributed by atoms with Crippen molar-refractivity contribution in [2.45, 2.75) is 24.2 Å². The molecule has 1 aliphatic heterocycles. The second kappa shape index (κ2) is 3.47. The van der Waals surface area contributed by atoms with E-state index in [0.717, 1.165) is 11.3 Å². The van der Waals surface area contributed by atoms with E-state index in [2.05, 4.69) is 15.9 Å². The zero-order valence-electron chi connectivity index (χ0n) is 9.37. The van der Waals surface area contributed by atoms with Crippen molar-refractivity contribution >= 4 is 25.8 Å². The first-order chi connectivity index (χ1) is 7.22. The molecule has 0 saturated heterocycles. The van der Waals surface area contributed by atoms with Gasteiger partial charge in [-0.3, -0.25) is 0 Å². The van der Waals surface area contributed by atoms with E-state index in [-0.39, 0.29) is 5.41 Å². The Bertz CT molecular complexity index is 547. The number of hydrogen-bond donors (Lipinski definition) is 0. The average molecular weight is 305 g/mol. The lowest BCUT2D eigenvalue weighted by atomic mass is 9.87. The van der Waals surface area contributed by atoms with Crippen LogP contribution in [0.3, 0.4) is 0 Å². The Hall–Kier alpha value is -0.550. The van der Waals surface area contributed by atoms with E-state index in [1.54, 1.807) is 12.1 Å². The molecule has 0 saturated carbocycles. The Labute approximate surface area is 104 Å². The molecule has 2 rings (SSSR count). The van der Waals surface area contributed by atoms with Crippen LogP contribution in [0.1, 0.15) is 19.4 Å². The van der Waals surface area contributed by atoms with Crippen molar-refractivity contribution in [3.05, 3.63) is 22.2 Å². The van der Waals surface area contributed by atoms with Gasteiger partial charge in [-0.1, -0.05) is 13.8 Å². The fraction of sp³-hybridized carbons (Fsp3) is 0.455. The van der Waals surface area contributed by atoms with Crippen LogP contribution in [0, 0.1) is 0 Å². The SMILES string of the molecule is CC1(C)COc2c(Br)cc(S(C)(=O)=O)cc21. The molecule has 0 amide bonds. The average Bonchev–Trinajstić information content (AvgIpc) is 2.41. The maximum atomic E-state index is 11.5. The number of rotatable bonds is 1. The number of fused-ring (bicyclic) bond motifs is 1. The number of sulfone groups is 1. The van der Waals surface area contributed by atoms with E-state index in [0.29, 0.717) is 16.0 Å². The lowest BCUT2D eigenvalue weighted by Gasteiger charge is -2.15. The summed E-state index contributed by atoms with van der Waals surface area (Å²) in [6, 6.07) is 3.30. The molecule has 0 fully saturated rings. The third kappa shape index (κ3) is 1.86. The molecule has 1 aromatic carbocycles. The standard InChI is InChI=1S/C11H13BrO3S/c1-11(2)6-15-10-8(11)4-7(5-9(10)12)16(3,13)14/h4-5H,6H2,1-3H3. The van der Waals surface area contributed by atoms with Gasteiger partial charge >= 0.3 is 0 Å². The van der Waals surface area contributed by atoms with Gasteiger partial charge in [-0.2, -0.15) is 0 Å². The van der Waals surface area contributed by atoms with Crippen LogP contribution in [0.2, 0.25) is 0 Å². The van der Waals surface area contributed by atoms with Crippen LogP contribution in [0.25, 0.3) is 0 Å². The Morgan fingerprint density at radius 3 is 2.56 bits per heavy atom. The Kier molecular flexibility index (Phi) is 2.58. The molecule has 0 atom stereocenters. The topological polar surface area (TPSA) is 43.4 Å². The Morgan fingerprint density at radius 2 is 2.00 bits per heavy atom. The smallest absolute Gasteiger partial charge is 0.175 e. The van der Waals surface area contributed by atoms with Gasteiger partial charge < -0.3 is 4.74 Å². The Balaban J connectivity index is 2.71. The van der Waals surface area contributed by atoms with Crippen molar-refractivity contribution in [3.8, 4) is 5.75 Å². The van der Waals surface area contributed by atoms with Crippen molar-refractivity contribution < 1.29 is 13.2 Å². The predicted octanol–water partition coefficient (Wildman–Crippen LogP) is 2.52. The fourth-order valence-electron chi connectivity index (χ4n) is 1.76. The van der Waals surface area contributed by atoms with Gasteiger partial charge in [0.05, 0.1) is 16.0 Å². The minimum absolute atomic E-state index is 0.140. The highest BCUT2D eigenvalue weighted by molar-refractivity contribution is 9.10. The number of ether oxygens (including phenoxy) is 1. The number of benzene rings is 1. The highest BCUT2D eigenvalue weighted by atomic mass is 79.9. The lowest BCUT2D eigenvalue weighted by molar-refractivity contribution is 0.290. The largest absolute Gasteiger partial charge is 0.491 e. The molecule has 0 aliphatic carbocycles. The molecule has 1 aliphatic rings. The fourth-order valence-corrected chi connectivity index (χ4v) is 3.15. The highest BCUT2D eigenvalue weighted by Crippen LogP contribution is 2.44. The molecule has 88 valence electrons. The summed E-state index contributed by atoms with van der Waals surface area (Å²) in [5.74, 6) is 0.761. The summed E-state index contributed by atoms with van der Waals surface area (Å²) in [5, 5.41) is 0. The molecule has 0 radical (unpaired) electrons. The summed E-state index contributed by atoms with van der Waals surface area (Å²) < 4.78 is 29.3. The third-order valence-electron chi connectivity index (χ3n) is 2.75. The van der Waals surface area contributed by atoms with E-state index in [1.165, 1.54) is 6.26 Å². The van der Waals surface area contributed by atoms with Gasteiger partial charge in [-0.15, -0.1) is 0 Å². The van der Waals surface area contributed by atoms with Gasteiger partial charge in [0.25, 0.3) is 0 Å². The zero-order valence-corrected chi connectivity index (χ0v) is 11.8. The van der Waals surface area contributed by atoms with Crippen LogP contribution in [0.15, 0.2) is 21.5 Å². The number of halogens is 1. The normalized spacial score (nSPS) is 18.0. The minimum Gasteiger partial charge on any atom is -0.491 e. The van der Waals surface area contributed by atoms with Crippen molar-refractivity contribution in [2.24, 2.45) is 0 Å². The van der Waals surface area contributed by atoms with E-state index in [9.17, 15) is 8.42 Å². The second-order valence-corrected chi connectivity index (χ2v) is 7.60. The van der Waals surface area contributed by atoms with E-state index >= 15 is 0 Å². The highest BCUT2D eigenvalue weighted by Gasteiger charge is 2.34. The van der Waals surface area contributed by atoms with Gasteiger partial charge in [0.2, 0.25) is 0 Å². The molecule has 3 nitrogen and oxygen atoms in total. The molecule has 5 heteroatoms. The third-order valence-corrected chi connectivity index (χ3v) is 4.43. The van der Waals surface area contributed by atoms with Gasteiger partial charge in [0.1, 0.15) is 5.75 Å². The van der Waals surface area contributed by atoms with Crippen LogP contribution in [0.5, 0.6) is 5.75 Å². The monoisotopic (exact) mass is 304 g/mol. The van der Waals surface area contributed by atoms with Crippen LogP contribution in [-0.2, 0) is 15.3 Å². The molecule has 16 heavy (non-hydrogen) atoms. The molecular formula is C11H13BrO3S. The summed E-state index contributed by atoms with van der Waals surface area (Å²) in [6.45, 7) is 4.66. The van der Waals surface area contributed by atoms with Crippen molar-refractivity contribution in [2.75, 3.05) is 12.9 Å². The zero-order chi connectivity index (χ0) is 12.1. The van der Waals surface area contributed by atoms with E-state index in [1.807, 2.05) is 13.8 Å². The first-order valence-corrected chi connectivity index (χ1v) is 7.57. The quantitative estimate of drug-likeness (QED) is 0.801. The van der Waals surface area contributed by atoms with Crippen molar-refractivity contribution in [1.82, 2.24) is 0 Å². The minimum atomic E-state index is -3.18. The van der Waals surface area contributed by atoms with Gasteiger partial charge in [0.15, 0.2) is 9.84 Å². The van der Waals surface area contributed by atoms with E-state index in [4.69, 9.17) is 4.74 Å². The predicted molar refractivity (Wildman–Crippen MR) is 65.8 cm³/mol. The lowest BCUT2D eigenvalue weighted by Crippen LogP contribution is -2.18. The molecule has 0 spiro atoms. The van der Waals surface area contributed by atoms with Gasteiger partial charge in [0, 0.05) is 17.2 Å². The van der Waals surface area contributed by atoms with Crippen LogP contribution in [0.4, 0.5) is 0 Å².